The number of aromatic amines is 1. The Bertz CT molecular complexity index is 2360. The summed E-state index contributed by atoms with van der Waals surface area (Å²) in [4.78, 5) is 39.0. The molecule has 1 aliphatic carbocycles. The molecule has 10 N–H and O–H groups in total. The van der Waals surface area contributed by atoms with E-state index in [2.05, 4.69) is 20.9 Å². The zero-order valence-corrected chi connectivity index (χ0v) is 35.0. The molecule has 9 rings (SSSR count). The molecule has 1 saturated carbocycles. The van der Waals surface area contributed by atoms with Crippen LogP contribution in [0, 0.1) is 11.3 Å². The quantitative estimate of drug-likeness (QED) is 0.119. The fourth-order valence-electron chi connectivity index (χ4n) is 13.2. The van der Waals surface area contributed by atoms with E-state index in [-0.39, 0.29) is 18.4 Å². The molecule has 17 heteroatoms. The van der Waals surface area contributed by atoms with E-state index in [1.54, 1.807) is 0 Å². The zero-order valence-electron chi connectivity index (χ0n) is 34.2. The number of nitrogens with one attached hydrogen (secondary N) is 1. The molecule has 6 aliphatic rings. The molecule has 6 heterocycles. The lowest BCUT2D eigenvalue weighted by molar-refractivity contribution is -0.201. The Balaban J connectivity index is 0.000000943. The molecule has 60 heavy (non-hydrogen) atoms. The van der Waals surface area contributed by atoms with Gasteiger partial charge >= 0.3 is 10.4 Å². The number of carbonyl (C=O) groups is 2. The predicted molar refractivity (Wildman–Crippen MR) is 222 cm³/mol. The molecule has 1 spiro atoms. The van der Waals surface area contributed by atoms with Crippen molar-refractivity contribution in [2.24, 2.45) is 17.1 Å². The molecule has 2 saturated heterocycles. The van der Waals surface area contributed by atoms with Crippen molar-refractivity contribution in [3.05, 3.63) is 76.5 Å². The molecule has 1 aromatic heterocycles. The number of aliphatic hydroxyl groups excluding tert-OH is 3. The number of hydrogen-bond acceptors (Lipinski definition) is 12. The average Bonchev–Trinajstić information content (AvgIpc) is 3.87. The van der Waals surface area contributed by atoms with Gasteiger partial charge in [-0.2, -0.15) is 8.42 Å². The Labute approximate surface area is 349 Å². The number of ketones is 1. The van der Waals surface area contributed by atoms with Crippen LogP contribution in [0.5, 0.6) is 0 Å². The molecular weight excluding hydrogens is 795 g/mol. The standard InChI is InChI=1S/C43H55N5O7.H2O4S/c1-4-39(54)19-25-20-42(33(51)23-50,34-28(11-15-47(21-25)24-39)27-9-6-7-10-31(27)45-34)29-18-30-32(17-26(29)22-49)46(3)36-41(30)13-16-48-14-8-12-40(5-2,35(41)48)37(52)43(36,55)38(44)53;1-5(2,3)4/h6-10,12,17-18,25,35-37,45,49-50,52,54-55H,4-5,11,13-16,19-24H2,1-3H3,(H2,44,53);(H2,1,2,3,4)/t25-,35+,36-,37-,39+,40-,41-,42-,43+;/m1./s1. The third-order valence-corrected chi connectivity index (χ3v) is 15.4. The number of nitrogens with zero attached hydrogens (tertiary/aromatic N) is 3. The number of aliphatic hydroxyl groups is 5. The second-order valence-corrected chi connectivity index (χ2v) is 19.0. The number of likely N-dealkylation sites (N-methyl/N-ethyl adjacent to an activating group) is 1. The van der Waals surface area contributed by atoms with E-state index in [9.17, 15) is 30.3 Å². The van der Waals surface area contributed by atoms with Crippen LogP contribution in [0.2, 0.25) is 0 Å². The minimum absolute atomic E-state index is 0.136. The highest BCUT2D eigenvalue weighted by atomic mass is 32.3. The number of amides is 1. The Morgan fingerprint density at radius 2 is 1.72 bits per heavy atom. The summed E-state index contributed by atoms with van der Waals surface area (Å²) in [5, 5.41) is 60.3. The summed E-state index contributed by atoms with van der Waals surface area (Å²) in [6.07, 6.45) is 5.43. The Morgan fingerprint density at radius 3 is 2.37 bits per heavy atom. The normalized spacial score (nSPS) is 36.8. The first-order chi connectivity index (χ1) is 28.3. The number of rotatable bonds is 7. The maximum absolute atomic E-state index is 15.1. The van der Waals surface area contributed by atoms with E-state index in [4.69, 9.17) is 23.3 Å². The summed E-state index contributed by atoms with van der Waals surface area (Å²) in [5.41, 5.74) is 4.62. The number of Topliss-reactive ketones (excluding diaryl/α,β-unsaturated/α-hetero) is 1. The van der Waals surface area contributed by atoms with Gasteiger partial charge in [0.1, 0.15) is 12.7 Å². The first-order valence-electron chi connectivity index (χ1n) is 20.8. The number of para-hydroxylation sites is 1. The van der Waals surface area contributed by atoms with Crippen molar-refractivity contribution in [2.75, 3.05) is 51.3 Å². The third-order valence-electron chi connectivity index (χ3n) is 15.4. The molecule has 10 atom stereocenters. The third kappa shape index (κ3) is 5.99. The number of anilines is 1. The zero-order chi connectivity index (χ0) is 43.4. The maximum Gasteiger partial charge on any atom is 0.394 e. The number of carbonyl (C=O) groups excluding carboxylic acids is 2. The molecule has 3 aromatic rings. The molecule has 5 aliphatic heterocycles. The van der Waals surface area contributed by atoms with E-state index < -0.39 is 74.9 Å². The van der Waals surface area contributed by atoms with Gasteiger partial charge in [-0.05, 0) is 85.4 Å². The van der Waals surface area contributed by atoms with E-state index in [0.29, 0.717) is 87.3 Å². The second kappa shape index (κ2) is 14.7. The van der Waals surface area contributed by atoms with Gasteiger partial charge in [0.2, 0.25) is 0 Å². The average molecular weight is 852 g/mol. The molecule has 0 radical (unpaired) electrons. The summed E-state index contributed by atoms with van der Waals surface area (Å²) < 4.78 is 31.6. The molecular formula is C43H57N5O11S. The number of benzene rings is 2. The van der Waals surface area contributed by atoms with E-state index in [0.717, 1.165) is 22.0 Å². The summed E-state index contributed by atoms with van der Waals surface area (Å²) in [7, 11) is -2.85. The highest BCUT2D eigenvalue weighted by Gasteiger charge is 2.78. The van der Waals surface area contributed by atoms with Crippen molar-refractivity contribution in [3.63, 3.8) is 0 Å². The Kier molecular flexibility index (Phi) is 10.5. The Hall–Kier alpha value is -3.75. The number of primary amides is 1. The monoisotopic (exact) mass is 851 g/mol. The largest absolute Gasteiger partial charge is 0.394 e. The summed E-state index contributed by atoms with van der Waals surface area (Å²) in [6.45, 7) is 6.00. The summed E-state index contributed by atoms with van der Waals surface area (Å²) in [5.74, 6) is -1.53. The number of aromatic nitrogens is 1. The maximum atomic E-state index is 15.1. The van der Waals surface area contributed by atoms with E-state index in [1.807, 2.05) is 68.3 Å². The minimum atomic E-state index is -4.67. The molecule has 16 nitrogen and oxygen atoms in total. The van der Waals surface area contributed by atoms with Gasteiger partial charge in [0.15, 0.2) is 11.4 Å². The fourth-order valence-corrected chi connectivity index (χ4v) is 13.2. The van der Waals surface area contributed by atoms with Crippen LogP contribution in [-0.4, -0.2) is 145 Å². The molecule has 3 fully saturated rings. The molecule has 2 bridgehead atoms. The minimum Gasteiger partial charge on any atom is -0.392 e. The van der Waals surface area contributed by atoms with E-state index >= 15 is 4.79 Å². The van der Waals surface area contributed by atoms with Crippen molar-refractivity contribution in [2.45, 2.75) is 99.2 Å². The van der Waals surface area contributed by atoms with Gasteiger partial charge in [-0.15, -0.1) is 0 Å². The number of fused-ring (bicyclic) bond motifs is 6. The van der Waals surface area contributed by atoms with Crippen LogP contribution in [0.25, 0.3) is 10.9 Å². The lowest BCUT2D eigenvalue weighted by Gasteiger charge is -2.63. The fraction of sp³-hybridized carbons (Fsp3) is 0.581. The topological polar surface area (TPSA) is 261 Å². The van der Waals surface area contributed by atoms with Crippen LogP contribution in [0.15, 0.2) is 48.6 Å². The first kappa shape index (κ1) is 42.9. The predicted octanol–water partition coefficient (Wildman–Crippen LogP) is 0.952. The van der Waals surface area contributed by atoms with Gasteiger partial charge < -0.3 is 41.2 Å². The van der Waals surface area contributed by atoms with Crippen LogP contribution < -0.4 is 10.6 Å². The van der Waals surface area contributed by atoms with Crippen molar-refractivity contribution in [3.8, 4) is 0 Å². The lowest BCUT2D eigenvalue weighted by atomic mass is 9.47. The second-order valence-electron chi connectivity index (χ2n) is 18.1. The highest BCUT2D eigenvalue weighted by Crippen LogP contribution is 2.67. The number of hydrogen-bond donors (Lipinski definition) is 9. The van der Waals surface area contributed by atoms with Gasteiger partial charge in [0.05, 0.1) is 23.7 Å². The van der Waals surface area contributed by atoms with Gasteiger partial charge in [-0.25, -0.2) is 0 Å². The smallest absolute Gasteiger partial charge is 0.392 e. The van der Waals surface area contributed by atoms with Crippen molar-refractivity contribution < 1.29 is 52.6 Å². The van der Waals surface area contributed by atoms with Gasteiger partial charge in [-0.1, -0.05) is 50.3 Å². The first-order valence-corrected chi connectivity index (χ1v) is 22.2. The molecule has 1 unspecified atom stereocenters. The van der Waals surface area contributed by atoms with Crippen LogP contribution in [0.1, 0.15) is 73.9 Å². The molecule has 2 aromatic carbocycles. The number of nitrogens with two attached hydrogens (primary N) is 1. The number of H-pyrrole nitrogens is 1. The summed E-state index contributed by atoms with van der Waals surface area (Å²) in [6, 6.07) is 10.7. The van der Waals surface area contributed by atoms with Crippen LogP contribution in [-0.2, 0) is 43.8 Å². The SMILES string of the molecule is CC[C@]1(O)C[C@H]2CN(CCc3c([nH]c4ccccc34)[C@@](C(=O)CO)(c3cc4c(cc3CO)N(C)[C@H]3[C@@](O)(C(N)=O)[C@H](O)[C@]5(CC)C=CCN6CC[C@]43[C@@H]65)C2)C1.O=S(=O)(O)O. The molecule has 326 valence electrons. The Morgan fingerprint density at radius 1 is 1.00 bits per heavy atom. The van der Waals surface area contributed by atoms with Crippen molar-refractivity contribution >= 4 is 38.7 Å². The van der Waals surface area contributed by atoms with Crippen molar-refractivity contribution in [1.82, 2.24) is 14.8 Å². The van der Waals surface area contributed by atoms with Crippen LogP contribution in [0.4, 0.5) is 5.69 Å². The van der Waals surface area contributed by atoms with Crippen LogP contribution >= 0.6 is 0 Å². The van der Waals surface area contributed by atoms with Crippen molar-refractivity contribution in [1.29, 1.82) is 0 Å². The lowest BCUT2D eigenvalue weighted by Crippen LogP contribution is -2.81. The molecule has 1 amide bonds. The van der Waals surface area contributed by atoms with Gasteiger partial charge in [0, 0.05) is 72.4 Å². The summed E-state index contributed by atoms with van der Waals surface area (Å²) >= 11 is 0. The highest BCUT2D eigenvalue weighted by molar-refractivity contribution is 7.79. The number of piperidine rings is 1. The van der Waals surface area contributed by atoms with Crippen LogP contribution in [0.3, 0.4) is 0 Å². The van der Waals surface area contributed by atoms with Gasteiger partial charge in [0.25, 0.3) is 5.91 Å². The van der Waals surface area contributed by atoms with Gasteiger partial charge in [-0.3, -0.25) is 28.5 Å². The van der Waals surface area contributed by atoms with E-state index in [1.165, 1.54) is 0 Å².